The lowest BCUT2D eigenvalue weighted by atomic mass is 9.95. The molecule has 1 aromatic carbocycles. The summed E-state index contributed by atoms with van der Waals surface area (Å²) in [5.41, 5.74) is -1.23. The molecule has 4 amide bonds. The summed E-state index contributed by atoms with van der Waals surface area (Å²) in [4.78, 5) is 47.7. The Kier molecular flexibility index (Phi) is 5.81. The first kappa shape index (κ1) is 19.6. The van der Waals surface area contributed by atoms with Gasteiger partial charge in [0.05, 0.1) is 4.92 Å². The van der Waals surface area contributed by atoms with E-state index in [9.17, 15) is 24.5 Å². The SMILES string of the molecule is CCCCC1(C)NC(=O)N(CC(=O)Nc2ccc(Cl)c([N+](=O)[O-])c2)C1=O. The Morgan fingerprint density at radius 3 is 2.73 bits per heavy atom. The number of imide groups is 1. The summed E-state index contributed by atoms with van der Waals surface area (Å²) in [5, 5.41) is 15.9. The maximum Gasteiger partial charge on any atom is 0.325 e. The topological polar surface area (TPSA) is 122 Å². The second-order valence-corrected chi connectivity index (χ2v) is 6.64. The van der Waals surface area contributed by atoms with Crippen LogP contribution in [-0.2, 0) is 9.59 Å². The van der Waals surface area contributed by atoms with Crippen LogP contribution < -0.4 is 10.6 Å². The highest BCUT2D eigenvalue weighted by molar-refractivity contribution is 6.32. The molecule has 2 rings (SSSR count). The number of unbranched alkanes of at least 4 members (excludes halogenated alkanes) is 1. The number of hydrogen-bond donors (Lipinski definition) is 2. The highest BCUT2D eigenvalue weighted by atomic mass is 35.5. The van der Waals surface area contributed by atoms with Crippen LogP contribution in [0.15, 0.2) is 18.2 Å². The Hall–Kier alpha value is -2.68. The van der Waals surface area contributed by atoms with Gasteiger partial charge in [-0.3, -0.25) is 24.6 Å². The third-order valence-corrected chi connectivity index (χ3v) is 4.42. The molecule has 2 N–H and O–H groups in total. The van der Waals surface area contributed by atoms with Crippen LogP contribution in [0, 0.1) is 10.1 Å². The summed E-state index contributed by atoms with van der Waals surface area (Å²) in [6, 6.07) is 3.15. The number of carbonyl (C=O) groups excluding carboxylic acids is 3. The molecule has 9 nitrogen and oxygen atoms in total. The smallest absolute Gasteiger partial charge is 0.324 e. The Labute approximate surface area is 154 Å². The van der Waals surface area contributed by atoms with Crippen molar-refractivity contribution in [3.8, 4) is 0 Å². The van der Waals surface area contributed by atoms with E-state index in [-0.39, 0.29) is 16.4 Å². The molecule has 1 atom stereocenters. The van der Waals surface area contributed by atoms with Crippen LogP contribution in [0.2, 0.25) is 5.02 Å². The van der Waals surface area contributed by atoms with Gasteiger partial charge in [0.15, 0.2) is 0 Å². The molecular formula is C16H19ClN4O5. The van der Waals surface area contributed by atoms with Gasteiger partial charge in [-0.1, -0.05) is 31.4 Å². The fourth-order valence-corrected chi connectivity index (χ4v) is 2.85. The summed E-state index contributed by atoms with van der Waals surface area (Å²) in [6.45, 7) is 3.12. The summed E-state index contributed by atoms with van der Waals surface area (Å²) in [5.74, 6) is -1.11. The van der Waals surface area contributed by atoms with E-state index >= 15 is 0 Å². The predicted octanol–water partition coefficient (Wildman–Crippen LogP) is 2.69. The van der Waals surface area contributed by atoms with Crippen LogP contribution in [0.25, 0.3) is 0 Å². The fraction of sp³-hybridized carbons (Fsp3) is 0.438. The number of rotatable bonds is 7. The summed E-state index contributed by atoms with van der Waals surface area (Å²) >= 11 is 5.72. The maximum absolute atomic E-state index is 12.5. The Bertz CT molecular complexity index is 769. The molecule has 0 spiro atoms. The van der Waals surface area contributed by atoms with Gasteiger partial charge in [0.2, 0.25) is 5.91 Å². The quantitative estimate of drug-likeness (QED) is 0.426. The van der Waals surface area contributed by atoms with Gasteiger partial charge in [0, 0.05) is 11.8 Å². The third-order valence-electron chi connectivity index (χ3n) is 4.10. The molecule has 10 heteroatoms. The van der Waals surface area contributed by atoms with Crippen molar-refractivity contribution in [2.45, 2.75) is 38.6 Å². The zero-order chi connectivity index (χ0) is 19.5. The number of hydrogen-bond acceptors (Lipinski definition) is 5. The molecule has 140 valence electrons. The van der Waals surface area contributed by atoms with Crippen LogP contribution in [0.5, 0.6) is 0 Å². The van der Waals surface area contributed by atoms with Gasteiger partial charge < -0.3 is 10.6 Å². The molecule has 1 unspecified atom stereocenters. The lowest BCUT2D eigenvalue weighted by Gasteiger charge is -2.21. The summed E-state index contributed by atoms with van der Waals surface area (Å²) in [7, 11) is 0. The van der Waals surface area contributed by atoms with Gasteiger partial charge in [-0.2, -0.15) is 0 Å². The van der Waals surface area contributed by atoms with E-state index in [1.54, 1.807) is 6.92 Å². The van der Waals surface area contributed by atoms with Gasteiger partial charge in [-0.05, 0) is 25.5 Å². The number of benzene rings is 1. The minimum Gasteiger partial charge on any atom is -0.324 e. The van der Waals surface area contributed by atoms with Gasteiger partial charge in [0.25, 0.3) is 11.6 Å². The van der Waals surface area contributed by atoms with Crippen molar-refractivity contribution in [3.05, 3.63) is 33.3 Å². The average molecular weight is 383 g/mol. The molecule has 1 aliphatic rings. The van der Waals surface area contributed by atoms with E-state index in [4.69, 9.17) is 11.6 Å². The van der Waals surface area contributed by atoms with E-state index in [0.29, 0.717) is 6.42 Å². The first-order valence-electron chi connectivity index (χ1n) is 8.06. The minimum absolute atomic E-state index is 0.0613. The second-order valence-electron chi connectivity index (χ2n) is 6.23. The lowest BCUT2D eigenvalue weighted by Crippen LogP contribution is -2.44. The lowest BCUT2D eigenvalue weighted by molar-refractivity contribution is -0.384. The number of halogens is 1. The first-order chi connectivity index (χ1) is 12.2. The molecular weight excluding hydrogens is 364 g/mol. The average Bonchev–Trinajstić information content (AvgIpc) is 2.78. The molecule has 26 heavy (non-hydrogen) atoms. The fourth-order valence-electron chi connectivity index (χ4n) is 2.66. The molecule has 1 heterocycles. The van der Waals surface area contributed by atoms with Crippen LogP contribution in [-0.4, -0.2) is 39.8 Å². The number of urea groups is 1. The van der Waals surface area contributed by atoms with Crippen molar-refractivity contribution in [1.29, 1.82) is 0 Å². The summed E-state index contributed by atoms with van der Waals surface area (Å²) < 4.78 is 0. The van der Waals surface area contributed by atoms with Crippen molar-refractivity contribution in [2.75, 3.05) is 11.9 Å². The van der Waals surface area contributed by atoms with Crippen molar-refractivity contribution in [2.24, 2.45) is 0 Å². The number of nitro benzene ring substituents is 1. The summed E-state index contributed by atoms with van der Waals surface area (Å²) in [6.07, 6.45) is 2.11. The van der Waals surface area contributed by atoms with Crippen LogP contribution in [0.1, 0.15) is 33.1 Å². The third kappa shape index (κ3) is 4.10. The molecule has 0 bridgehead atoms. The molecule has 0 aliphatic carbocycles. The number of anilines is 1. The van der Waals surface area contributed by atoms with Gasteiger partial charge in [-0.15, -0.1) is 0 Å². The van der Waals surface area contributed by atoms with Gasteiger partial charge >= 0.3 is 6.03 Å². The molecule has 1 aromatic rings. The highest BCUT2D eigenvalue weighted by Gasteiger charge is 2.47. The second kappa shape index (κ2) is 7.69. The van der Waals surface area contributed by atoms with Gasteiger partial charge in [0.1, 0.15) is 17.1 Å². The zero-order valence-corrected chi connectivity index (χ0v) is 15.1. The van der Waals surface area contributed by atoms with Crippen molar-refractivity contribution < 1.29 is 19.3 Å². The van der Waals surface area contributed by atoms with E-state index < -0.39 is 34.9 Å². The normalized spacial score (nSPS) is 19.4. The molecule has 0 saturated carbocycles. The Morgan fingerprint density at radius 1 is 1.42 bits per heavy atom. The largest absolute Gasteiger partial charge is 0.325 e. The standard InChI is InChI=1S/C16H19ClN4O5/c1-3-4-7-16(2)14(23)20(15(24)19-16)9-13(22)18-10-5-6-11(17)12(8-10)21(25)26/h5-6,8H,3-4,7,9H2,1-2H3,(H,18,22)(H,19,24). The number of nitrogens with zero attached hydrogens (tertiary/aromatic N) is 2. The number of carbonyl (C=O) groups is 3. The molecule has 0 aromatic heterocycles. The zero-order valence-electron chi connectivity index (χ0n) is 14.4. The minimum atomic E-state index is -1.02. The van der Waals surface area contributed by atoms with Crippen molar-refractivity contribution in [1.82, 2.24) is 10.2 Å². The molecule has 1 aliphatic heterocycles. The molecule has 1 fully saturated rings. The number of amides is 4. The number of nitro groups is 1. The van der Waals surface area contributed by atoms with E-state index in [0.717, 1.165) is 23.8 Å². The molecule has 0 radical (unpaired) electrons. The van der Waals surface area contributed by atoms with Crippen LogP contribution in [0.4, 0.5) is 16.2 Å². The number of nitrogens with one attached hydrogen (secondary N) is 2. The highest BCUT2D eigenvalue weighted by Crippen LogP contribution is 2.27. The van der Waals surface area contributed by atoms with E-state index in [1.807, 2.05) is 6.92 Å². The van der Waals surface area contributed by atoms with Crippen molar-refractivity contribution >= 4 is 40.8 Å². The van der Waals surface area contributed by atoms with Gasteiger partial charge in [-0.25, -0.2) is 4.79 Å². The van der Waals surface area contributed by atoms with E-state index in [2.05, 4.69) is 10.6 Å². The van der Waals surface area contributed by atoms with Crippen LogP contribution >= 0.6 is 11.6 Å². The monoisotopic (exact) mass is 382 g/mol. The Morgan fingerprint density at radius 2 is 2.12 bits per heavy atom. The predicted molar refractivity (Wildman–Crippen MR) is 94.9 cm³/mol. The van der Waals surface area contributed by atoms with E-state index in [1.165, 1.54) is 12.1 Å². The van der Waals surface area contributed by atoms with Crippen molar-refractivity contribution in [3.63, 3.8) is 0 Å². The van der Waals surface area contributed by atoms with Crippen LogP contribution in [0.3, 0.4) is 0 Å². The maximum atomic E-state index is 12.5. The first-order valence-corrected chi connectivity index (χ1v) is 8.43. The molecule has 1 saturated heterocycles. The Balaban J connectivity index is 2.06.